The Morgan fingerprint density at radius 2 is 1.88 bits per heavy atom. The maximum absolute atomic E-state index is 15.1. The second-order valence-corrected chi connectivity index (χ2v) is 8.98. The van der Waals surface area contributed by atoms with Gasteiger partial charge in [-0.05, 0) is 24.6 Å². The number of imide groups is 1. The summed E-state index contributed by atoms with van der Waals surface area (Å²) in [7, 11) is 0. The molecule has 1 fully saturated rings. The number of ether oxygens (including phenoxy) is 1. The van der Waals surface area contributed by atoms with Crippen LogP contribution in [0.1, 0.15) is 34.3 Å². The molecule has 2 aliphatic heterocycles. The number of hydrogen-bond donors (Lipinski definition) is 2. The van der Waals surface area contributed by atoms with E-state index in [0.29, 0.717) is 5.02 Å². The quantitative estimate of drug-likeness (QED) is 0.560. The molecule has 2 heterocycles. The molecular formula is C22H17Cl3FN3O5. The third kappa shape index (κ3) is 4.82. The van der Waals surface area contributed by atoms with E-state index in [2.05, 4.69) is 10.6 Å². The van der Waals surface area contributed by atoms with Gasteiger partial charge in [-0.1, -0.05) is 40.9 Å². The van der Waals surface area contributed by atoms with Crippen molar-refractivity contribution in [2.45, 2.75) is 32.0 Å². The van der Waals surface area contributed by atoms with Crippen molar-refractivity contribution in [1.82, 2.24) is 15.5 Å². The number of amides is 4. The van der Waals surface area contributed by atoms with Crippen LogP contribution in [0.25, 0.3) is 0 Å². The van der Waals surface area contributed by atoms with E-state index in [4.69, 9.17) is 39.5 Å². The van der Waals surface area contributed by atoms with Crippen molar-refractivity contribution in [3.05, 3.63) is 61.8 Å². The number of fused-ring (bicyclic) bond motifs is 1. The van der Waals surface area contributed by atoms with Gasteiger partial charge in [-0.15, -0.1) is 0 Å². The Hall–Kier alpha value is -2.88. The molecule has 0 spiro atoms. The minimum Gasteiger partial charge on any atom is -0.481 e. The van der Waals surface area contributed by atoms with Crippen molar-refractivity contribution in [3.8, 4) is 5.75 Å². The molecule has 1 unspecified atom stereocenters. The van der Waals surface area contributed by atoms with Crippen molar-refractivity contribution in [3.63, 3.8) is 0 Å². The van der Waals surface area contributed by atoms with Crippen molar-refractivity contribution >= 4 is 58.4 Å². The molecule has 0 bridgehead atoms. The van der Waals surface area contributed by atoms with Crippen LogP contribution in [-0.2, 0) is 27.5 Å². The molecule has 2 N–H and O–H groups in total. The zero-order valence-electron chi connectivity index (χ0n) is 17.4. The minimum atomic E-state index is -0.844. The molecule has 0 radical (unpaired) electrons. The average Bonchev–Trinajstić information content (AvgIpc) is 3.09. The molecule has 34 heavy (non-hydrogen) atoms. The molecular weight excluding hydrogens is 512 g/mol. The Bertz CT molecular complexity index is 1200. The molecule has 4 amide bonds. The predicted molar refractivity (Wildman–Crippen MR) is 121 cm³/mol. The van der Waals surface area contributed by atoms with Crippen LogP contribution < -0.4 is 15.4 Å². The molecule has 2 aromatic carbocycles. The molecule has 1 atom stereocenters. The van der Waals surface area contributed by atoms with E-state index in [0.717, 1.165) is 0 Å². The standard InChI is InChI=1S/C22H17Cl3FN3O5/c23-11-5-14(24)20(15(25)6-11)34-9-18(31)27-7-10-1-2-12-13(19(10)26)8-29(22(12)33)16-3-4-17(30)28-21(16)32/h1-2,5-6,16H,3-4,7-9H2,(H,27,31)(H,28,30,32). The lowest BCUT2D eigenvalue weighted by molar-refractivity contribution is -0.137. The second kappa shape index (κ2) is 9.77. The first-order valence-corrected chi connectivity index (χ1v) is 11.3. The van der Waals surface area contributed by atoms with Gasteiger partial charge in [0.05, 0.1) is 16.6 Å². The molecule has 2 aromatic rings. The Kier molecular flexibility index (Phi) is 6.97. The van der Waals surface area contributed by atoms with Crippen molar-refractivity contribution < 1.29 is 28.3 Å². The highest BCUT2D eigenvalue weighted by Gasteiger charge is 2.40. The molecule has 1 saturated heterocycles. The first-order chi connectivity index (χ1) is 16.2. The fraction of sp³-hybridized carbons (Fsp3) is 0.273. The molecule has 0 aliphatic carbocycles. The molecule has 8 nitrogen and oxygen atoms in total. The Morgan fingerprint density at radius 3 is 2.56 bits per heavy atom. The van der Waals surface area contributed by atoms with Gasteiger partial charge in [-0.25, -0.2) is 4.39 Å². The Morgan fingerprint density at radius 1 is 1.18 bits per heavy atom. The van der Waals surface area contributed by atoms with E-state index in [1.54, 1.807) is 0 Å². The summed E-state index contributed by atoms with van der Waals surface area (Å²) in [5.74, 6) is -2.57. The van der Waals surface area contributed by atoms with E-state index in [-0.39, 0.29) is 58.4 Å². The van der Waals surface area contributed by atoms with Crippen LogP contribution in [0.3, 0.4) is 0 Å². The highest BCUT2D eigenvalue weighted by atomic mass is 35.5. The highest BCUT2D eigenvalue weighted by Crippen LogP contribution is 2.36. The lowest BCUT2D eigenvalue weighted by atomic mass is 10.0. The number of nitrogens with zero attached hydrogens (tertiary/aromatic N) is 1. The molecule has 2 aliphatic rings. The first-order valence-electron chi connectivity index (χ1n) is 10.1. The third-order valence-electron chi connectivity index (χ3n) is 5.52. The lowest BCUT2D eigenvalue weighted by Gasteiger charge is -2.29. The van der Waals surface area contributed by atoms with E-state index < -0.39 is 42.1 Å². The second-order valence-electron chi connectivity index (χ2n) is 7.73. The zero-order chi connectivity index (χ0) is 24.6. The SMILES string of the molecule is O=C(COc1c(Cl)cc(Cl)cc1Cl)NCc1ccc2c(c1F)CN(C1CCC(=O)NC1=O)C2=O. The Labute approximate surface area is 208 Å². The van der Waals surface area contributed by atoms with Gasteiger partial charge in [0.2, 0.25) is 11.8 Å². The predicted octanol–water partition coefficient (Wildman–Crippen LogP) is 3.24. The van der Waals surface area contributed by atoms with Gasteiger partial charge in [-0.3, -0.25) is 24.5 Å². The van der Waals surface area contributed by atoms with Gasteiger partial charge in [0.15, 0.2) is 12.4 Å². The maximum atomic E-state index is 15.1. The number of nitrogens with one attached hydrogen (secondary N) is 2. The van der Waals surface area contributed by atoms with Crippen LogP contribution >= 0.6 is 34.8 Å². The number of rotatable bonds is 6. The fourth-order valence-corrected chi connectivity index (χ4v) is 4.76. The van der Waals surface area contributed by atoms with Gasteiger partial charge in [-0.2, -0.15) is 0 Å². The summed E-state index contributed by atoms with van der Waals surface area (Å²) in [6.45, 7) is -0.684. The lowest BCUT2D eigenvalue weighted by Crippen LogP contribution is -2.52. The smallest absolute Gasteiger partial charge is 0.258 e. The van der Waals surface area contributed by atoms with Gasteiger partial charge < -0.3 is 15.0 Å². The van der Waals surface area contributed by atoms with E-state index in [1.165, 1.54) is 29.2 Å². The summed E-state index contributed by atoms with van der Waals surface area (Å²) in [6, 6.07) is 4.85. The minimum absolute atomic E-state index is 0.0960. The summed E-state index contributed by atoms with van der Waals surface area (Å²) < 4.78 is 20.5. The van der Waals surface area contributed by atoms with Gasteiger partial charge in [0, 0.05) is 34.7 Å². The van der Waals surface area contributed by atoms with Crippen LogP contribution in [-0.4, -0.2) is 41.2 Å². The summed E-state index contributed by atoms with van der Waals surface area (Å²) in [6.07, 6.45) is 0.279. The molecule has 12 heteroatoms. The van der Waals surface area contributed by atoms with Gasteiger partial charge in [0.25, 0.3) is 11.8 Å². The van der Waals surface area contributed by atoms with Crippen molar-refractivity contribution in [2.24, 2.45) is 0 Å². The number of carbonyl (C=O) groups is 4. The number of carbonyl (C=O) groups excluding carboxylic acids is 4. The summed E-state index contributed by atoms with van der Waals surface area (Å²) in [4.78, 5) is 49.7. The van der Waals surface area contributed by atoms with E-state index >= 15 is 4.39 Å². The summed E-state index contributed by atoms with van der Waals surface area (Å²) in [5, 5.41) is 5.32. The number of benzene rings is 2. The van der Waals surface area contributed by atoms with Crippen molar-refractivity contribution in [2.75, 3.05) is 6.61 Å². The molecule has 178 valence electrons. The maximum Gasteiger partial charge on any atom is 0.258 e. The number of halogens is 4. The van der Waals surface area contributed by atoms with Gasteiger partial charge in [0.1, 0.15) is 11.9 Å². The largest absolute Gasteiger partial charge is 0.481 e. The van der Waals surface area contributed by atoms with Crippen LogP contribution in [0.4, 0.5) is 4.39 Å². The van der Waals surface area contributed by atoms with Crippen LogP contribution in [0.2, 0.25) is 15.1 Å². The normalized spacial score (nSPS) is 17.5. The monoisotopic (exact) mass is 527 g/mol. The van der Waals surface area contributed by atoms with Crippen LogP contribution in [0, 0.1) is 5.82 Å². The van der Waals surface area contributed by atoms with E-state index in [9.17, 15) is 19.2 Å². The van der Waals surface area contributed by atoms with Crippen LogP contribution in [0.15, 0.2) is 24.3 Å². The summed E-state index contributed by atoms with van der Waals surface area (Å²) >= 11 is 17.9. The molecule has 0 saturated carbocycles. The molecule has 0 aromatic heterocycles. The Balaban J connectivity index is 1.39. The first kappa shape index (κ1) is 24.3. The highest BCUT2D eigenvalue weighted by molar-refractivity contribution is 6.40. The topological polar surface area (TPSA) is 105 Å². The average molecular weight is 529 g/mol. The van der Waals surface area contributed by atoms with Crippen LogP contribution in [0.5, 0.6) is 5.75 Å². The number of hydrogen-bond acceptors (Lipinski definition) is 5. The fourth-order valence-electron chi connectivity index (χ4n) is 3.84. The van der Waals surface area contributed by atoms with E-state index in [1.807, 2.05) is 0 Å². The van der Waals surface area contributed by atoms with Crippen molar-refractivity contribution in [1.29, 1.82) is 0 Å². The summed E-state index contributed by atoms with van der Waals surface area (Å²) in [5.41, 5.74) is 0.442. The molecule has 4 rings (SSSR count). The van der Waals surface area contributed by atoms with Gasteiger partial charge >= 0.3 is 0 Å². The third-order valence-corrected chi connectivity index (χ3v) is 6.30. The number of piperidine rings is 1. The zero-order valence-corrected chi connectivity index (χ0v) is 19.7.